The molecule has 0 spiro atoms. The molecule has 22 heavy (non-hydrogen) atoms. The number of benzene rings is 1. The van der Waals surface area contributed by atoms with E-state index in [-0.39, 0.29) is 5.41 Å². The van der Waals surface area contributed by atoms with Crippen molar-refractivity contribution in [3.8, 4) is 5.75 Å². The summed E-state index contributed by atoms with van der Waals surface area (Å²) in [5.41, 5.74) is 3.06. The first kappa shape index (κ1) is 14.1. The molecule has 0 saturated heterocycles. The summed E-state index contributed by atoms with van der Waals surface area (Å²) in [5.74, 6) is 1.77. The molecule has 0 aromatic heterocycles. The molecule has 2 saturated carbocycles. The molecule has 4 heteroatoms. The quantitative estimate of drug-likeness (QED) is 0.509. The van der Waals surface area contributed by atoms with E-state index in [9.17, 15) is 15.4 Å². The Morgan fingerprint density at radius 2 is 2.09 bits per heavy atom. The van der Waals surface area contributed by atoms with Crippen LogP contribution in [0.2, 0.25) is 0 Å². The summed E-state index contributed by atoms with van der Waals surface area (Å²) >= 11 is 0. The maximum absolute atomic E-state index is 10.5. The van der Waals surface area contributed by atoms with Crippen molar-refractivity contribution in [3.63, 3.8) is 0 Å². The summed E-state index contributed by atoms with van der Waals surface area (Å²) in [4.78, 5) is 0. The number of aliphatic hydroxyl groups is 1. The van der Waals surface area contributed by atoms with Crippen LogP contribution in [0.1, 0.15) is 49.7 Å². The Morgan fingerprint density at radius 3 is 2.86 bits per heavy atom. The van der Waals surface area contributed by atoms with Gasteiger partial charge in [0.1, 0.15) is 11.9 Å². The number of rotatable bonds is 0. The summed E-state index contributed by atoms with van der Waals surface area (Å²) in [6.45, 7) is 2.16. The zero-order chi connectivity index (χ0) is 15.5. The highest BCUT2D eigenvalue weighted by Crippen LogP contribution is 2.60. The van der Waals surface area contributed by atoms with Crippen molar-refractivity contribution in [1.82, 2.24) is 0 Å². The van der Waals surface area contributed by atoms with E-state index in [1.165, 1.54) is 11.1 Å². The molecule has 0 amide bonds. The number of phenolic OH excluding ortho intramolecular Hbond substituents is 1. The van der Waals surface area contributed by atoms with Crippen molar-refractivity contribution < 1.29 is 15.4 Å². The van der Waals surface area contributed by atoms with Gasteiger partial charge in [0.2, 0.25) is 0 Å². The molecule has 3 aliphatic carbocycles. The number of hydrogen-bond donors (Lipinski definition) is 3. The minimum atomic E-state index is -0.607. The molecule has 3 N–H and O–H groups in total. The second-order valence-electron chi connectivity index (χ2n) is 7.54. The number of aryl methyl sites for hydroxylation is 1. The van der Waals surface area contributed by atoms with Crippen LogP contribution in [0.5, 0.6) is 5.75 Å². The molecule has 1 aromatic rings. The SMILES string of the molecule is C[C@]12CC[C@@H]3c4ccc(O)cc4CC[C@@H]3[C@@H]1C/C(=N\O)[C@@H]2O. The van der Waals surface area contributed by atoms with Gasteiger partial charge in [0, 0.05) is 5.41 Å². The Kier molecular flexibility index (Phi) is 3.02. The van der Waals surface area contributed by atoms with Gasteiger partial charge in [-0.3, -0.25) is 0 Å². The standard InChI is InChI=1S/C18H23NO3/c1-18-7-6-13-12-5-3-11(20)8-10(12)2-4-14(13)15(18)9-16(19-22)17(18)21/h3,5,8,13-15,17,20-22H,2,4,6-7,9H2,1H3/b19-16+/t13-,14+,15+,17+,18+/m1/s1. The number of nitrogens with zero attached hydrogens (tertiary/aromatic N) is 1. The number of oxime groups is 1. The van der Waals surface area contributed by atoms with Crippen molar-refractivity contribution in [3.05, 3.63) is 29.3 Å². The summed E-state index contributed by atoms with van der Waals surface area (Å²) in [6.07, 6.45) is 4.20. The fourth-order valence-corrected chi connectivity index (χ4v) is 5.45. The minimum absolute atomic E-state index is 0.156. The van der Waals surface area contributed by atoms with Crippen LogP contribution in [0.4, 0.5) is 0 Å². The Hall–Kier alpha value is -1.55. The van der Waals surface area contributed by atoms with Gasteiger partial charge in [-0.15, -0.1) is 0 Å². The Labute approximate surface area is 130 Å². The third-order valence-electron chi connectivity index (χ3n) is 6.65. The fraction of sp³-hybridized carbons (Fsp3) is 0.611. The lowest BCUT2D eigenvalue weighted by Crippen LogP contribution is -2.44. The molecular weight excluding hydrogens is 278 g/mol. The van der Waals surface area contributed by atoms with Gasteiger partial charge in [-0.05, 0) is 73.1 Å². The number of phenols is 1. The van der Waals surface area contributed by atoms with Crippen molar-refractivity contribution in [2.75, 3.05) is 0 Å². The van der Waals surface area contributed by atoms with Gasteiger partial charge in [-0.25, -0.2) is 0 Å². The van der Waals surface area contributed by atoms with Crippen LogP contribution >= 0.6 is 0 Å². The minimum Gasteiger partial charge on any atom is -0.508 e. The molecule has 0 bridgehead atoms. The van der Waals surface area contributed by atoms with Crippen LogP contribution in [-0.4, -0.2) is 27.2 Å². The molecule has 3 aliphatic rings. The molecule has 0 radical (unpaired) electrons. The second-order valence-corrected chi connectivity index (χ2v) is 7.54. The third-order valence-corrected chi connectivity index (χ3v) is 6.65. The molecule has 0 aliphatic heterocycles. The van der Waals surface area contributed by atoms with Crippen LogP contribution in [0.25, 0.3) is 0 Å². The number of aliphatic hydroxyl groups excluding tert-OH is 1. The first-order valence-electron chi connectivity index (χ1n) is 8.25. The van der Waals surface area contributed by atoms with Crippen LogP contribution in [0, 0.1) is 17.3 Å². The molecule has 4 rings (SSSR count). The van der Waals surface area contributed by atoms with E-state index in [2.05, 4.69) is 18.1 Å². The molecule has 118 valence electrons. The van der Waals surface area contributed by atoms with Gasteiger partial charge in [0.25, 0.3) is 0 Å². The summed E-state index contributed by atoms with van der Waals surface area (Å²) < 4.78 is 0. The number of fused-ring (bicyclic) bond motifs is 5. The lowest BCUT2D eigenvalue weighted by atomic mass is 9.55. The van der Waals surface area contributed by atoms with Crippen LogP contribution in [-0.2, 0) is 6.42 Å². The fourth-order valence-electron chi connectivity index (χ4n) is 5.45. The van der Waals surface area contributed by atoms with E-state index >= 15 is 0 Å². The predicted octanol–water partition coefficient (Wildman–Crippen LogP) is 3.05. The normalized spacial score (nSPS) is 41.8. The molecule has 2 fully saturated rings. The van der Waals surface area contributed by atoms with Gasteiger partial charge in [0.05, 0.1) is 5.71 Å². The smallest absolute Gasteiger partial charge is 0.115 e. The molecule has 4 nitrogen and oxygen atoms in total. The van der Waals surface area contributed by atoms with Crippen molar-refractivity contribution in [1.29, 1.82) is 0 Å². The van der Waals surface area contributed by atoms with Gasteiger partial charge in [-0.1, -0.05) is 18.1 Å². The third kappa shape index (κ3) is 1.76. The first-order valence-corrected chi connectivity index (χ1v) is 8.25. The lowest BCUT2D eigenvalue weighted by Gasteiger charge is -2.49. The molecule has 0 unspecified atom stereocenters. The van der Waals surface area contributed by atoms with Crippen LogP contribution in [0.15, 0.2) is 23.4 Å². The largest absolute Gasteiger partial charge is 0.508 e. The summed E-state index contributed by atoms with van der Waals surface area (Å²) in [6, 6.07) is 5.78. The van der Waals surface area contributed by atoms with Gasteiger partial charge in [0.15, 0.2) is 0 Å². The monoisotopic (exact) mass is 301 g/mol. The lowest BCUT2D eigenvalue weighted by molar-refractivity contribution is -0.0121. The second kappa shape index (κ2) is 4.72. The number of hydrogen-bond acceptors (Lipinski definition) is 4. The van der Waals surface area contributed by atoms with Crippen molar-refractivity contribution >= 4 is 5.71 Å². The maximum Gasteiger partial charge on any atom is 0.115 e. The zero-order valence-electron chi connectivity index (χ0n) is 12.9. The summed E-state index contributed by atoms with van der Waals surface area (Å²) in [5, 5.41) is 32.8. The van der Waals surface area contributed by atoms with E-state index in [4.69, 9.17) is 0 Å². The number of aromatic hydroxyl groups is 1. The van der Waals surface area contributed by atoms with Gasteiger partial charge in [-0.2, -0.15) is 0 Å². The first-order chi connectivity index (χ1) is 10.5. The van der Waals surface area contributed by atoms with Crippen molar-refractivity contribution in [2.45, 2.75) is 51.0 Å². The Balaban J connectivity index is 1.72. The van der Waals surface area contributed by atoms with E-state index in [1.807, 2.05) is 6.07 Å². The van der Waals surface area contributed by atoms with E-state index in [0.717, 1.165) is 25.7 Å². The average Bonchev–Trinajstić information content (AvgIpc) is 2.78. The maximum atomic E-state index is 10.5. The van der Waals surface area contributed by atoms with E-state index in [0.29, 0.717) is 35.6 Å². The molecule has 5 atom stereocenters. The summed E-state index contributed by atoms with van der Waals surface area (Å²) in [7, 11) is 0. The average molecular weight is 301 g/mol. The predicted molar refractivity (Wildman–Crippen MR) is 83.3 cm³/mol. The van der Waals surface area contributed by atoms with Gasteiger partial charge >= 0.3 is 0 Å². The topological polar surface area (TPSA) is 73.1 Å². The van der Waals surface area contributed by atoms with E-state index < -0.39 is 6.10 Å². The van der Waals surface area contributed by atoms with Crippen molar-refractivity contribution in [2.24, 2.45) is 22.4 Å². The molecule has 0 heterocycles. The molecular formula is C18H23NO3. The Bertz CT molecular complexity index is 641. The van der Waals surface area contributed by atoms with Crippen LogP contribution in [0.3, 0.4) is 0 Å². The zero-order valence-corrected chi connectivity index (χ0v) is 12.9. The highest BCUT2D eigenvalue weighted by Gasteiger charge is 2.57. The van der Waals surface area contributed by atoms with Gasteiger partial charge < -0.3 is 15.4 Å². The highest BCUT2D eigenvalue weighted by atomic mass is 16.4. The highest BCUT2D eigenvalue weighted by molar-refractivity contribution is 5.91. The Morgan fingerprint density at radius 1 is 1.27 bits per heavy atom. The molecule has 1 aromatic carbocycles. The van der Waals surface area contributed by atoms with E-state index in [1.54, 1.807) is 6.07 Å². The van der Waals surface area contributed by atoms with Crippen LogP contribution < -0.4 is 0 Å².